The highest BCUT2D eigenvalue weighted by Gasteiger charge is 2.12. The first-order valence-electron chi connectivity index (χ1n) is 6.83. The number of ether oxygens (including phenoxy) is 1. The maximum Gasteiger partial charge on any atom is 0.120 e. The number of hydrogen-bond acceptors (Lipinski definition) is 2. The van der Waals surface area contributed by atoms with Crippen LogP contribution in [0, 0.1) is 6.92 Å². The van der Waals surface area contributed by atoms with Gasteiger partial charge in [-0.1, -0.05) is 30.3 Å². The fourth-order valence-corrected chi connectivity index (χ4v) is 2.61. The minimum Gasteiger partial charge on any atom is -0.489 e. The van der Waals surface area contributed by atoms with Gasteiger partial charge in [-0.05, 0) is 54.3 Å². The summed E-state index contributed by atoms with van der Waals surface area (Å²) in [6.07, 6.45) is 1.10. The summed E-state index contributed by atoms with van der Waals surface area (Å²) in [5.74, 6) is 0.950. The van der Waals surface area contributed by atoms with Crippen LogP contribution in [0.1, 0.15) is 22.3 Å². The Kier molecular flexibility index (Phi) is 3.51. The average Bonchev–Trinajstić information content (AvgIpc) is 2.45. The minimum atomic E-state index is 0.659. The standard InChI is InChI=1S/C17H19NO/c1-13-4-2-7-16(10-13)19-12-15-6-3-5-14-11-18-9-8-17(14)15/h2-7,10,18H,8-9,11-12H2,1H3. The predicted octanol–water partition coefficient (Wildman–Crippen LogP) is 3.22. The Labute approximate surface area is 114 Å². The van der Waals surface area contributed by atoms with Gasteiger partial charge in [0.1, 0.15) is 12.4 Å². The molecule has 0 fully saturated rings. The molecule has 2 aromatic rings. The molecule has 19 heavy (non-hydrogen) atoms. The minimum absolute atomic E-state index is 0.659. The lowest BCUT2D eigenvalue weighted by atomic mass is 9.96. The van der Waals surface area contributed by atoms with Gasteiger partial charge in [0.15, 0.2) is 0 Å². The molecule has 0 amide bonds. The van der Waals surface area contributed by atoms with E-state index in [1.807, 2.05) is 12.1 Å². The van der Waals surface area contributed by atoms with Gasteiger partial charge in [-0.15, -0.1) is 0 Å². The summed E-state index contributed by atoms with van der Waals surface area (Å²) in [5, 5.41) is 3.41. The van der Waals surface area contributed by atoms with Crippen LogP contribution in [0.15, 0.2) is 42.5 Å². The predicted molar refractivity (Wildman–Crippen MR) is 77.4 cm³/mol. The number of nitrogens with one attached hydrogen (secondary N) is 1. The molecule has 0 unspecified atom stereocenters. The third-order valence-electron chi connectivity index (χ3n) is 3.62. The highest BCUT2D eigenvalue weighted by Crippen LogP contribution is 2.21. The molecule has 1 N–H and O–H groups in total. The van der Waals surface area contributed by atoms with Crippen molar-refractivity contribution in [2.75, 3.05) is 6.54 Å². The summed E-state index contributed by atoms with van der Waals surface area (Å²) in [5.41, 5.74) is 5.43. The van der Waals surface area contributed by atoms with Crippen molar-refractivity contribution in [3.05, 3.63) is 64.7 Å². The Morgan fingerprint density at radius 2 is 2.05 bits per heavy atom. The van der Waals surface area contributed by atoms with E-state index >= 15 is 0 Å². The average molecular weight is 253 g/mol. The molecule has 1 aliphatic heterocycles. The summed E-state index contributed by atoms with van der Waals surface area (Å²) < 4.78 is 5.92. The second kappa shape index (κ2) is 5.45. The van der Waals surface area contributed by atoms with E-state index in [0.717, 1.165) is 25.3 Å². The van der Waals surface area contributed by atoms with Crippen molar-refractivity contribution < 1.29 is 4.74 Å². The fourth-order valence-electron chi connectivity index (χ4n) is 2.61. The molecule has 0 radical (unpaired) electrons. The summed E-state index contributed by atoms with van der Waals surface area (Å²) >= 11 is 0. The quantitative estimate of drug-likeness (QED) is 0.907. The van der Waals surface area contributed by atoms with Crippen molar-refractivity contribution in [3.63, 3.8) is 0 Å². The van der Waals surface area contributed by atoms with Gasteiger partial charge in [0, 0.05) is 6.54 Å². The Bertz CT molecular complexity index is 577. The number of fused-ring (bicyclic) bond motifs is 1. The highest BCUT2D eigenvalue weighted by atomic mass is 16.5. The van der Waals surface area contributed by atoms with E-state index in [-0.39, 0.29) is 0 Å². The van der Waals surface area contributed by atoms with Crippen molar-refractivity contribution in [1.29, 1.82) is 0 Å². The van der Waals surface area contributed by atoms with Crippen LogP contribution < -0.4 is 10.1 Å². The molecule has 98 valence electrons. The molecule has 0 aromatic heterocycles. The first-order chi connectivity index (χ1) is 9.33. The maximum absolute atomic E-state index is 5.92. The zero-order chi connectivity index (χ0) is 13.1. The molecule has 2 heteroatoms. The molecule has 3 rings (SSSR count). The van der Waals surface area contributed by atoms with E-state index in [1.54, 1.807) is 0 Å². The van der Waals surface area contributed by atoms with Gasteiger partial charge >= 0.3 is 0 Å². The molecular weight excluding hydrogens is 234 g/mol. The largest absolute Gasteiger partial charge is 0.489 e. The number of benzene rings is 2. The Balaban J connectivity index is 1.77. The lowest BCUT2D eigenvalue weighted by Crippen LogP contribution is -2.24. The lowest BCUT2D eigenvalue weighted by molar-refractivity contribution is 0.304. The summed E-state index contributed by atoms with van der Waals surface area (Å²) in [7, 11) is 0. The zero-order valence-electron chi connectivity index (χ0n) is 11.3. The number of aryl methyl sites for hydroxylation is 1. The third-order valence-corrected chi connectivity index (χ3v) is 3.62. The number of rotatable bonds is 3. The molecule has 2 nitrogen and oxygen atoms in total. The van der Waals surface area contributed by atoms with E-state index in [4.69, 9.17) is 4.74 Å². The molecular formula is C17H19NO. The van der Waals surface area contributed by atoms with Crippen LogP contribution >= 0.6 is 0 Å². The molecule has 2 aromatic carbocycles. The lowest BCUT2D eigenvalue weighted by Gasteiger charge is -2.20. The van der Waals surface area contributed by atoms with Gasteiger partial charge in [0.25, 0.3) is 0 Å². The van der Waals surface area contributed by atoms with Crippen molar-refractivity contribution in [3.8, 4) is 5.75 Å². The van der Waals surface area contributed by atoms with Crippen LogP contribution in [0.5, 0.6) is 5.75 Å². The van der Waals surface area contributed by atoms with Gasteiger partial charge in [-0.2, -0.15) is 0 Å². The van der Waals surface area contributed by atoms with Crippen LogP contribution in [0.2, 0.25) is 0 Å². The van der Waals surface area contributed by atoms with Crippen LogP contribution in [-0.2, 0) is 19.6 Å². The van der Waals surface area contributed by atoms with E-state index in [2.05, 4.69) is 42.6 Å². The van der Waals surface area contributed by atoms with Crippen LogP contribution in [0.25, 0.3) is 0 Å². The van der Waals surface area contributed by atoms with Gasteiger partial charge in [0.2, 0.25) is 0 Å². The van der Waals surface area contributed by atoms with Gasteiger partial charge in [-0.25, -0.2) is 0 Å². The normalized spacial score (nSPS) is 13.9. The van der Waals surface area contributed by atoms with E-state index in [0.29, 0.717) is 6.61 Å². The molecule has 0 saturated heterocycles. The van der Waals surface area contributed by atoms with Gasteiger partial charge < -0.3 is 10.1 Å². The number of hydrogen-bond donors (Lipinski definition) is 1. The summed E-state index contributed by atoms with van der Waals surface area (Å²) in [6, 6.07) is 14.7. The van der Waals surface area contributed by atoms with E-state index in [9.17, 15) is 0 Å². The van der Waals surface area contributed by atoms with Crippen molar-refractivity contribution in [1.82, 2.24) is 5.32 Å². The summed E-state index contributed by atoms with van der Waals surface area (Å²) in [6.45, 7) is 4.79. The summed E-state index contributed by atoms with van der Waals surface area (Å²) in [4.78, 5) is 0. The Hall–Kier alpha value is -1.80. The smallest absolute Gasteiger partial charge is 0.120 e. The molecule has 1 aliphatic rings. The van der Waals surface area contributed by atoms with Crippen LogP contribution in [0.4, 0.5) is 0 Å². The third kappa shape index (κ3) is 2.79. The molecule has 0 bridgehead atoms. The molecule has 0 spiro atoms. The maximum atomic E-state index is 5.92. The van der Waals surface area contributed by atoms with Crippen LogP contribution in [0.3, 0.4) is 0 Å². The van der Waals surface area contributed by atoms with Crippen LogP contribution in [-0.4, -0.2) is 6.54 Å². The van der Waals surface area contributed by atoms with E-state index < -0.39 is 0 Å². The SMILES string of the molecule is Cc1cccc(OCc2cccc3c2CCNC3)c1. The molecule has 0 atom stereocenters. The second-order valence-corrected chi connectivity index (χ2v) is 5.09. The van der Waals surface area contributed by atoms with Gasteiger partial charge in [-0.3, -0.25) is 0 Å². The highest BCUT2D eigenvalue weighted by molar-refractivity contribution is 5.37. The monoisotopic (exact) mass is 253 g/mol. The molecule has 0 aliphatic carbocycles. The van der Waals surface area contributed by atoms with E-state index in [1.165, 1.54) is 22.3 Å². The van der Waals surface area contributed by atoms with Gasteiger partial charge in [0.05, 0.1) is 0 Å². The fraction of sp³-hybridized carbons (Fsp3) is 0.294. The first-order valence-corrected chi connectivity index (χ1v) is 6.83. The Morgan fingerprint density at radius 3 is 2.95 bits per heavy atom. The Morgan fingerprint density at radius 1 is 1.16 bits per heavy atom. The first kappa shape index (κ1) is 12.2. The molecule has 0 saturated carbocycles. The van der Waals surface area contributed by atoms with Crippen molar-refractivity contribution in [2.45, 2.75) is 26.5 Å². The second-order valence-electron chi connectivity index (χ2n) is 5.09. The van der Waals surface area contributed by atoms with Crippen molar-refractivity contribution in [2.24, 2.45) is 0 Å². The topological polar surface area (TPSA) is 21.3 Å². The zero-order valence-corrected chi connectivity index (χ0v) is 11.3. The van der Waals surface area contributed by atoms with Crippen molar-refractivity contribution >= 4 is 0 Å². The molecule has 1 heterocycles.